The maximum absolute atomic E-state index is 6.13. The normalized spacial score (nSPS) is 16.8. The summed E-state index contributed by atoms with van der Waals surface area (Å²) in [4.78, 5) is 0. The van der Waals surface area contributed by atoms with E-state index < -0.39 is 0 Å². The van der Waals surface area contributed by atoms with Gasteiger partial charge in [-0.05, 0) is 62.5 Å². The van der Waals surface area contributed by atoms with Crippen LogP contribution in [0.25, 0.3) is 0 Å². The van der Waals surface area contributed by atoms with Crippen LogP contribution in [0.3, 0.4) is 0 Å². The lowest BCUT2D eigenvalue weighted by Crippen LogP contribution is -2.05. The molecule has 2 aromatic carbocycles. The van der Waals surface area contributed by atoms with E-state index in [9.17, 15) is 0 Å². The Morgan fingerprint density at radius 2 is 1.07 bits per heavy atom. The number of fused-ring (bicyclic) bond motifs is 4. The smallest absolute Gasteiger partial charge is 0.212 e. The van der Waals surface area contributed by atoms with Gasteiger partial charge in [-0.2, -0.15) is 19.6 Å². The van der Waals surface area contributed by atoms with Gasteiger partial charge in [0.05, 0.1) is 25.6 Å². The van der Waals surface area contributed by atoms with Gasteiger partial charge in [-0.3, -0.25) is 0 Å². The number of aromatic nitrogens is 6. The molecule has 0 saturated carbocycles. The zero-order valence-corrected chi connectivity index (χ0v) is 26.7. The highest BCUT2D eigenvalue weighted by Crippen LogP contribution is 2.26. The molecule has 0 spiro atoms. The van der Waals surface area contributed by atoms with Gasteiger partial charge < -0.3 is 9.47 Å². The predicted molar refractivity (Wildman–Crippen MR) is 173 cm³/mol. The van der Waals surface area contributed by atoms with Crippen molar-refractivity contribution < 1.29 is 9.47 Å². The average molecular weight is 641 g/mol. The number of hydrogen-bond donors (Lipinski definition) is 0. The molecule has 0 atom stereocenters. The van der Waals surface area contributed by atoms with E-state index in [1.807, 2.05) is 73.5 Å². The molecule has 2 aromatic heterocycles. The molecule has 0 amide bonds. The molecule has 42 heavy (non-hydrogen) atoms. The molecule has 0 aliphatic carbocycles. The van der Waals surface area contributed by atoms with Crippen molar-refractivity contribution in [2.75, 3.05) is 37.2 Å². The lowest BCUT2D eigenvalue weighted by Gasteiger charge is -2.11. The fourth-order valence-electron chi connectivity index (χ4n) is 3.91. The number of benzene rings is 2. The maximum atomic E-state index is 6.13. The molecule has 0 N–H and O–H groups in total. The van der Waals surface area contributed by atoms with Crippen LogP contribution in [0.2, 0.25) is 0 Å². The molecule has 5 rings (SSSR count). The molecule has 0 saturated heterocycles. The van der Waals surface area contributed by atoms with Gasteiger partial charge in [0.25, 0.3) is 0 Å². The van der Waals surface area contributed by atoms with E-state index in [-0.39, 0.29) is 0 Å². The summed E-state index contributed by atoms with van der Waals surface area (Å²) in [6.45, 7) is 1.15. The van der Waals surface area contributed by atoms with Gasteiger partial charge in [-0.1, -0.05) is 71.3 Å². The predicted octanol–water partition coefficient (Wildman–Crippen LogP) is 6.29. The van der Waals surface area contributed by atoms with Gasteiger partial charge in [0.1, 0.15) is 11.5 Å². The Morgan fingerprint density at radius 3 is 1.52 bits per heavy atom. The topological polar surface area (TPSA) is 105 Å². The van der Waals surface area contributed by atoms with Crippen molar-refractivity contribution in [1.82, 2.24) is 29.7 Å². The first kappa shape index (κ1) is 30.5. The van der Waals surface area contributed by atoms with Gasteiger partial charge in [-0.25, -0.2) is 0 Å². The average Bonchev–Trinajstić information content (AvgIpc) is 3.61. The van der Waals surface area contributed by atoms with E-state index in [4.69, 9.17) is 19.7 Å². The van der Waals surface area contributed by atoms with Crippen molar-refractivity contribution in [3.05, 3.63) is 59.7 Å². The SMILES string of the molecule is CSc1nnc2n1/N=C\c1ccccc1OCCCCOc1ccccc1/C=N\n1c(SC)nnc1SCCCCS2. The first-order chi connectivity index (χ1) is 20.8. The Hall–Kier alpha value is -2.94. The van der Waals surface area contributed by atoms with E-state index in [0.717, 1.165) is 80.4 Å². The van der Waals surface area contributed by atoms with Crippen molar-refractivity contribution in [3.63, 3.8) is 0 Å². The minimum Gasteiger partial charge on any atom is -0.493 e. The van der Waals surface area contributed by atoms with Gasteiger partial charge in [-0.15, -0.1) is 20.4 Å². The highest BCUT2D eigenvalue weighted by molar-refractivity contribution is 8.00. The molecule has 3 heterocycles. The summed E-state index contributed by atoms with van der Waals surface area (Å²) >= 11 is 6.36. The number of rotatable bonds is 2. The zero-order valence-electron chi connectivity index (χ0n) is 23.5. The molecular weight excluding hydrogens is 609 g/mol. The summed E-state index contributed by atoms with van der Waals surface area (Å²) in [6.07, 6.45) is 11.3. The largest absolute Gasteiger partial charge is 0.493 e. The number of para-hydroxylation sites is 2. The minimum absolute atomic E-state index is 0.576. The molecule has 0 bridgehead atoms. The maximum Gasteiger partial charge on any atom is 0.212 e. The second-order valence-corrected chi connectivity index (χ2v) is 12.6. The van der Waals surface area contributed by atoms with Crippen LogP contribution in [0, 0.1) is 0 Å². The zero-order chi connectivity index (χ0) is 29.0. The fraction of sp³-hybridized carbons (Fsp3) is 0.357. The Kier molecular flexibility index (Phi) is 11.7. The van der Waals surface area contributed by atoms with Crippen LogP contribution in [-0.2, 0) is 0 Å². The first-order valence-corrected chi connectivity index (χ1v) is 18.0. The third-order valence-electron chi connectivity index (χ3n) is 6.05. The molecule has 0 unspecified atom stereocenters. The van der Waals surface area contributed by atoms with Crippen LogP contribution >= 0.6 is 47.0 Å². The third-order valence-corrected chi connectivity index (χ3v) is 9.30. The quantitative estimate of drug-likeness (QED) is 0.232. The summed E-state index contributed by atoms with van der Waals surface area (Å²) in [6, 6.07) is 15.9. The Morgan fingerprint density at radius 1 is 0.619 bits per heavy atom. The lowest BCUT2D eigenvalue weighted by molar-refractivity contribution is 0.266. The van der Waals surface area contributed by atoms with E-state index in [0.29, 0.717) is 13.2 Å². The van der Waals surface area contributed by atoms with E-state index in [1.165, 1.54) is 23.5 Å². The highest BCUT2D eigenvalue weighted by atomic mass is 32.2. The molecule has 1 aliphatic heterocycles. The van der Waals surface area contributed by atoms with Crippen molar-refractivity contribution in [2.45, 2.75) is 46.3 Å². The molecule has 14 heteroatoms. The fourth-order valence-corrected chi connectivity index (χ4v) is 6.66. The van der Waals surface area contributed by atoms with Crippen molar-refractivity contribution >= 4 is 59.5 Å². The third kappa shape index (κ3) is 8.12. The Balaban J connectivity index is 1.35. The number of hydrogen-bond acceptors (Lipinski definition) is 12. The number of thioether (sulfide) groups is 4. The van der Waals surface area contributed by atoms with E-state index >= 15 is 0 Å². The van der Waals surface area contributed by atoms with E-state index in [1.54, 1.807) is 32.9 Å². The minimum atomic E-state index is 0.576. The van der Waals surface area contributed by atoms with Gasteiger partial charge in [0.15, 0.2) is 0 Å². The molecular formula is C28H32N8O2S4. The molecule has 220 valence electrons. The van der Waals surface area contributed by atoms with Crippen LogP contribution in [-0.4, -0.2) is 79.4 Å². The summed E-state index contributed by atoms with van der Waals surface area (Å²) in [7, 11) is 0. The lowest BCUT2D eigenvalue weighted by atomic mass is 10.2. The van der Waals surface area contributed by atoms with Gasteiger partial charge in [0.2, 0.25) is 20.6 Å². The number of nitrogens with zero attached hydrogens (tertiary/aromatic N) is 8. The molecule has 4 aromatic rings. The van der Waals surface area contributed by atoms with Crippen molar-refractivity contribution in [3.8, 4) is 11.5 Å². The van der Waals surface area contributed by atoms with E-state index in [2.05, 4.69) is 20.4 Å². The van der Waals surface area contributed by atoms with Crippen LogP contribution in [0.4, 0.5) is 0 Å². The van der Waals surface area contributed by atoms with Gasteiger partial charge in [0, 0.05) is 22.6 Å². The standard InChI is InChI=1S/C28H32N8O2S4/c1-39-25-31-33-27-35(25)29-19-21-11-3-5-13-23(21)37-15-7-8-16-38-24-14-6-4-12-22(24)20-30-36-26(40-2)32-34-28(36)42-18-10-9-17-41-27/h3-6,11-14,19-20H,7-10,15-18H2,1-2H3/b29-19-,30-20-. The summed E-state index contributed by atoms with van der Waals surface area (Å²) in [5.74, 6) is 3.39. The monoisotopic (exact) mass is 640 g/mol. The van der Waals surface area contributed by atoms with Crippen LogP contribution < -0.4 is 9.47 Å². The molecule has 0 radical (unpaired) electrons. The van der Waals surface area contributed by atoms with Crippen LogP contribution in [0.15, 0.2) is 79.4 Å². The summed E-state index contributed by atoms with van der Waals surface area (Å²) < 4.78 is 15.9. The number of ether oxygens (including phenoxy) is 2. The van der Waals surface area contributed by atoms with Crippen LogP contribution in [0.5, 0.6) is 11.5 Å². The Bertz CT molecular complexity index is 1400. The van der Waals surface area contributed by atoms with Gasteiger partial charge >= 0.3 is 0 Å². The Labute approximate surface area is 262 Å². The summed E-state index contributed by atoms with van der Waals surface area (Å²) in [5.41, 5.74) is 1.81. The molecule has 0 fully saturated rings. The first-order valence-electron chi connectivity index (χ1n) is 13.5. The second kappa shape index (κ2) is 16.1. The van der Waals surface area contributed by atoms with Crippen molar-refractivity contribution in [2.24, 2.45) is 10.2 Å². The molecule has 1 aliphatic rings. The highest BCUT2D eigenvalue weighted by Gasteiger charge is 2.14. The summed E-state index contributed by atoms with van der Waals surface area (Å²) in [5, 5.41) is 29.9. The second-order valence-electron chi connectivity index (χ2n) is 8.94. The van der Waals surface area contributed by atoms with Crippen molar-refractivity contribution in [1.29, 1.82) is 0 Å². The molecule has 10 nitrogen and oxygen atoms in total. The van der Waals surface area contributed by atoms with Crippen LogP contribution in [0.1, 0.15) is 36.8 Å².